The van der Waals surface area contributed by atoms with Gasteiger partial charge < -0.3 is 15.4 Å². The second kappa shape index (κ2) is 7.34. The molecule has 1 aliphatic rings. The van der Waals surface area contributed by atoms with Crippen LogP contribution in [0.15, 0.2) is 30.3 Å². The van der Waals surface area contributed by atoms with E-state index in [0.717, 1.165) is 17.7 Å². The van der Waals surface area contributed by atoms with Gasteiger partial charge in [0.05, 0.1) is 18.3 Å². The maximum absolute atomic E-state index is 12.1. The van der Waals surface area contributed by atoms with Crippen LogP contribution < -0.4 is 10.6 Å². The minimum Gasteiger partial charge on any atom is -0.372 e. The van der Waals surface area contributed by atoms with Crippen LogP contribution in [0.25, 0.3) is 0 Å². The van der Waals surface area contributed by atoms with Gasteiger partial charge in [-0.15, -0.1) is 0 Å². The summed E-state index contributed by atoms with van der Waals surface area (Å²) in [5.74, 6) is 0.593. The quantitative estimate of drug-likeness (QED) is 0.870. The minimum atomic E-state index is -0.0974. The van der Waals surface area contributed by atoms with Crippen LogP contribution >= 0.6 is 11.6 Å². The summed E-state index contributed by atoms with van der Waals surface area (Å²) in [5, 5.41) is 11.1. The van der Waals surface area contributed by atoms with Gasteiger partial charge >= 0.3 is 0 Å². The molecule has 2 aromatic rings. The largest absolute Gasteiger partial charge is 0.372 e. The highest BCUT2D eigenvalue weighted by molar-refractivity contribution is 6.30. The van der Waals surface area contributed by atoms with E-state index in [4.69, 9.17) is 16.3 Å². The normalized spacial score (nSPS) is 20.3. The molecule has 0 aliphatic carbocycles. The summed E-state index contributed by atoms with van der Waals surface area (Å²) in [6.07, 6.45) is 0.805. The first-order valence-electron chi connectivity index (χ1n) is 7.94. The fourth-order valence-corrected chi connectivity index (χ4v) is 3.04. The van der Waals surface area contributed by atoms with Crippen molar-refractivity contribution in [2.75, 3.05) is 18.5 Å². The van der Waals surface area contributed by atoms with Gasteiger partial charge in [-0.05, 0) is 31.0 Å². The molecule has 2 atom stereocenters. The van der Waals surface area contributed by atoms with Gasteiger partial charge in [-0.2, -0.15) is 5.10 Å². The van der Waals surface area contributed by atoms with Crippen molar-refractivity contribution in [3.63, 3.8) is 0 Å². The van der Waals surface area contributed by atoms with Crippen LogP contribution in [0, 0.1) is 6.92 Å². The van der Waals surface area contributed by atoms with E-state index in [9.17, 15) is 4.79 Å². The van der Waals surface area contributed by atoms with E-state index in [2.05, 4.69) is 15.7 Å². The van der Waals surface area contributed by atoms with Crippen molar-refractivity contribution in [3.8, 4) is 0 Å². The van der Waals surface area contributed by atoms with Gasteiger partial charge in [0.15, 0.2) is 0 Å². The number of aryl methyl sites for hydroxylation is 2. The molecule has 0 spiro atoms. The lowest BCUT2D eigenvalue weighted by Gasteiger charge is -2.20. The first-order valence-corrected chi connectivity index (χ1v) is 8.31. The minimum absolute atomic E-state index is 0.0611. The molecule has 1 aromatic heterocycles. The molecule has 1 aliphatic heterocycles. The smallest absolute Gasteiger partial charge is 0.239 e. The summed E-state index contributed by atoms with van der Waals surface area (Å²) in [7, 11) is 1.80. The average Bonchev–Trinajstić information content (AvgIpc) is 3.13. The van der Waals surface area contributed by atoms with Crippen LogP contribution in [0.3, 0.4) is 0 Å². The van der Waals surface area contributed by atoms with Gasteiger partial charge in [-0.1, -0.05) is 23.7 Å². The van der Waals surface area contributed by atoms with E-state index in [1.165, 1.54) is 0 Å². The van der Waals surface area contributed by atoms with Crippen molar-refractivity contribution in [1.82, 2.24) is 15.1 Å². The molecule has 2 heterocycles. The number of amides is 1. The van der Waals surface area contributed by atoms with Crippen LogP contribution in [0.5, 0.6) is 0 Å². The van der Waals surface area contributed by atoms with Crippen molar-refractivity contribution in [2.24, 2.45) is 7.05 Å². The maximum atomic E-state index is 12.1. The van der Waals surface area contributed by atoms with Gasteiger partial charge in [-0.3, -0.25) is 9.48 Å². The highest BCUT2D eigenvalue weighted by Gasteiger charge is 2.29. The van der Waals surface area contributed by atoms with E-state index >= 15 is 0 Å². The van der Waals surface area contributed by atoms with Crippen molar-refractivity contribution >= 4 is 23.3 Å². The van der Waals surface area contributed by atoms with E-state index in [1.54, 1.807) is 11.7 Å². The number of nitrogens with zero attached hydrogens (tertiary/aromatic N) is 2. The highest BCUT2D eigenvalue weighted by Crippen LogP contribution is 2.29. The summed E-state index contributed by atoms with van der Waals surface area (Å²) in [4.78, 5) is 12.1. The molecule has 1 fully saturated rings. The Morgan fingerprint density at radius 3 is 2.83 bits per heavy atom. The second-order valence-electron chi connectivity index (χ2n) is 5.96. The third kappa shape index (κ3) is 3.95. The molecule has 0 unspecified atom stereocenters. The fourth-order valence-electron chi connectivity index (χ4n) is 2.92. The third-order valence-corrected chi connectivity index (χ3v) is 4.34. The molecule has 0 bridgehead atoms. The zero-order valence-corrected chi connectivity index (χ0v) is 14.5. The molecule has 6 nitrogen and oxygen atoms in total. The van der Waals surface area contributed by atoms with Crippen LogP contribution in [0.1, 0.15) is 23.8 Å². The summed E-state index contributed by atoms with van der Waals surface area (Å²) < 4.78 is 7.47. The molecule has 0 saturated carbocycles. The number of ether oxygens (including phenoxy) is 1. The van der Waals surface area contributed by atoms with Crippen LogP contribution in [0.2, 0.25) is 5.02 Å². The van der Waals surface area contributed by atoms with Crippen LogP contribution in [-0.4, -0.2) is 34.9 Å². The topological polar surface area (TPSA) is 68.2 Å². The summed E-state index contributed by atoms with van der Waals surface area (Å²) >= 11 is 5.93. The molecular weight excluding hydrogens is 328 g/mol. The molecule has 128 valence electrons. The fraction of sp³-hybridized carbons (Fsp3) is 0.412. The first kappa shape index (κ1) is 17.0. The molecule has 1 aromatic carbocycles. The predicted octanol–water partition coefficient (Wildman–Crippen LogP) is 2.44. The summed E-state index contributed by atoms with van der Waals surface area (Å²) in [6.45, 7) is 2.79. The standard InChI is InChI=1S/C17H21ClN4O2/c1-11-9-15(22(2)21-11)20-16(23)10-19-14-7-8-24-17(14)12-3-5-13(18)6-4-12/h3-6,9,14,17,19H,7-8,10H2,1-2H3,(H,20,23)/t14-,17-/m1/s1. The molecule has 1 amide bonds. The van der Waals surface area contributed by atoms with Gasteiger partial charge in [0.1, 0.15) is 5.82 Å². The lowest BCUT2D eigenvalue weighted by atomic mass is 10.0. The second-order valence-corrected chi connectivity index (χ2v) is 6.40. The number of halogens is 1. The van der Waals surface area contributed by atoms with E-state index in [-0.39, 0.29) is 24.6 Å². The number of hydrogen-bond acceptors (Lipinski definition) is 4. The molecule has 24 heavy (non-hydrogen) atoms. The van der Waals surface area contributed by atoms with Crippen LogP contribution in [0.4, 0.5) is 5.82 Å². The number of carbonyl (C=O) groups is 1. The Kier molecular flexibility index (Phi) is 5.18. The number of carbonyl (C=O) groups excluding carboxylic acids is 1. The molecule has 3 rings (SSSR count). The SMILES string of the molecule is Cc1cc(NC(=O)CN[C@@H]2CCO[C@@H]2c2ccc(Cl)cc2)n(C)n1. The van der Waals surface area contributed by atoms with Crippen molar-refractivity contribution < 1.29 is 9.53 Å². The highest BCUT2D eigenvalue weighted by atomic mass is 35.5. The van der Waals surface area contributed by atoms with Crippen molar-refractivity contribution in [3.05, 3.63) is 46.6 Å². The van der Waals surface area contributed by atoms with Gasteiger partial charge in [0.2, 0.25) is 5.91 Å². The Morgan fingerprint density at radius 2 is 2.17 bits per heavy atom. The number of hydrogen-bond donors (Lipinski definition) is 2. The Labute approximate surface area is 146 Å². The number of rotatable bonds is 5. The van der Waals surface area contributed by atoms with Gasteiger partial charge in [-0.25, -0.2) is 0 Å². The van der Waals surface area contributed by atoms with Crippen molar-refractivity contribution in [2.45, 2.75) is 25.5 Å². The Balaban J connectivity index is 1.56. The number of aromatic nitrogens is 2. The lowest BCUT2D eigenvalue weighted by Crippen LogP contribution is -2.38. The molecule has 2 N–H and O–H groups in total. The Morgan fingerprint density at radius 1 is 1.42 bits per heavy atom. The van der Waals surface area contributed by atoms with Gasteiger partial charge in [0, 0.05) is 30.8 Å². The number of anilines is 1. The van der Waals surface area contributed by atoms with E-state index in [0.29, 0.717) is 17.4 Å². The number of benzene rings is 1. The Hall–Kier alpha value is -1.89. The summed E-state index contributed by atoms with van der Waals surface area (Å²) in [5.41, 5.74) is 1.94. The molecule has 7 heteroatoms. The molecule has 0 radical (unpaired) electrons. The molecule has 1 saturated heterocycles. The Bertz CT molecular complexity index is 714. The van der Waals surface area contributed by atoms with E-state index in [1.807, 2.05) is 37.3 Å². The monoisotopic (exact) mass is 348 g/mol. The van der Waals surface area contributed by atoms with Gasteiger partial charge in [0.25, 0.3) is 0 Å². The predicted molar refractivity (Wildman–Crippen MR) is 93.1 cm³/mol. The van der Waals surface area contributed by atoms with Crippen LogP contribution in [-0.2, 0) is 16.6 Å². The van der Waals surface area contributed by atoms with E-state index < -0.39 is 0 Å². The van der Waals surface area contributed by atoms with Crippen molar-refractivity contribution in [1.29, 1.82) is 0 Å². The first-order chi connectivity index (χ1) is 11.5. The number of nitrogens with one attached hydrogen (secondary N) is 2. The lowest BCUT2D eigenvalue weighted by molar-refractivity contribution is -0.115. The zero-order valence-electron chi connectivity index (χ0n) is 13.8. The zero-order chi connectivity index (χ0) is 17.1. The third-order valence-electron chi connectivity index (χ3n) is 4.08. The summed E-state index contributed by atoms with van der Waals surface area (Å²) in [6, 6.07) is 9.58. The molecular formula is C17H21ClN4O2. The maximum Gasteiger partial charge on any atom is 0.239 e. The average molecular weight is 349 g/mol.